The van der Waals surface area contributed by atoms with Gasteiger partial charge in [-0.05, 0) is 25.3 Å². The molecule has 1 N–H and O–H groups in total. The minimum Gasteiger partial charge on any atom is -0.339 e. The lowest BCUT2D eigenvalue weighted by molar-refractivity contribution is -0.130. The van der Waals surface area contributed by atoms with Gasteiger partial charge in [0.1, 0.15) is 5.52 Å². The van der Waals surface area contributed by atoms with Gasteiger partial charge < -0.3 is 4.90 Å². The van der Waals surface area contributed by atoms with Crippen LogP contribution in [0.15, 0.2) is 12.3 Å². The number of pyridine rings is 1. The largest absolute Gasteiger partial charge is 0.339 e. The number of H-pyrrole nitrogens is 1. The van der Waals surface area contributed by atoms with E-state index >= 15 is 0 Å². The Bertz CT molecular complexity index is 683. The molecule has 0 spiro atoms. The molecule has 4 rings (SSSR count). The van der Waals surface area contributed by atoms with E-state index in [9.17, 15) is 4.79 Å². The Morgan fingerprint density at radius 2 is 2.25 bits per heavy atom. The number of amides is 1. The third kappa shape index (κ3) is 1.73. The Hall–Kier alpha value is -1.62. The Morgan fingerprint density at radius 1 is 1.35 bits per heavy atom. The average Bonchev–Trinajstić information content (AvgIpc) is 3.04. The van der Waals surface area contributed by atoms with Crippen LogP contribution < -0.4 is 0 Å². The molecular formula is C14H15ClN4O. The minimum absolute atomic E-state index is 0.295. The monoisotopic (exact) mass is 290 g/mol. The van der Waals surface area contributed by atoms with Gasteiger partial charge in [0.05, 0.1) is 0 Å². The van der Waals surface area contributed by atoms with Gasteiger partial charge in [0.2, 0.25) is 5.91 Å². The lowest BCUT2D eigenvalue weighted by atomic mass is 9.90. The zero-order chi connectivity index (χ0) is 13.7. The van der Waals surface area contributed by atoms with Crippen LogP contribution in [0.1, 0.15) is 37.3 Å². The van der Waals surface area contributed by atoms with E-state index in [0.717, 1.165) is 42.4 Å². The molecule has 0 aliphatic carbocycles. The molecule has 0 bridgehead atoms. The Labute approximate surface area is 121 Å². The van der Waals surface area contributed by atoms with Crippen LogP contribution in [-0.2, 0) is 4.79 Å². The molecule has 6 heteroatoms. The molecule has 4 heterocycles. The highest BCUT2D eigenvalue weighted by Gasteiger charge is 2.37. The molecule has 2 fully saturated rings. The molecule has 2 aromatic rings. The first-order valence-corrected chi connectivity index (χ1v) is 7.40. The van der Waals surface area contributed by atoms with Gasteiger partial charge in [0.25, 0.3) is 0 Å². The van der Waals surface area contributed by atoms with E-state index in [0.29, 0.717) is 29.4 Å². The number of aromatic amines is 1. The molecule has 104 valence electrons. The zero-order valence-corrected chi connectivity index (χ0v) is 11.7. The first-order valence-electron chi connectivity index (χ1n) is 7.02. The molecule has 0 radical (unpaired) electrons. The molecule has 0 unspecified atom stereocenters. The Balaban J connectivity index is 1.70. The topological polar surface area (TPSA) is 61.9 Å². The summed E-state index contributed by atoms with van der Waals surface area (Å²) in [5.74, 6) is 0.611. The molecule has 2 aliphatic rings. The highest BCUT2D eigenvalue weighted by molar-refractivity contribution is 6.33. The van der Waals surface area contributed by atoms with E-state index in [4.69, 9.17) is 11.6 Å². The van der Waals surface area contributed by atoms with Crippen LogP contribution in [-0.4, -0.2) is 38.6 Å². The smallest absolute Gasteiger partial charge is 0.222 e. The van der Waals surface area contributed by atoms with Gasteiger partial charge in [-0.2, -0.15) is 5.10 Å². The van der Waals surface area contributed by atoms with Crippen molar-refractivity contribution in [2.45, 2.75) is 37.6 Å². The summed E-state index contributed by atoms with van der Waals surface area (Å²) >= 11 is 6.06. The number of carbonyl (C=O) groups excluding carboxylic acids is 1. The SMILES string of the molecule is O=C1CC[C@@H]2CC[C@@H](c3[nH]nc4c(Cl)nccc34)CN12. The zero-order valence-electron chi connectivity index (χ0n) is 11.0. The van der Waals surface area contributed by atoms with Crippen molar-refractivity contribution >= 4 is 28.4 Å². The van der Waals surface area contributed by atoms with E-state index in [2.05, 4.69) is 15.2 Å². The quantitative estimate of drug-likeness (QED) is 0.821. The van der Waals surface area contributed by atoms with Gasteiger partial charge in [-0.1, -0.05) is 11.6 Å². The van der Waals surface area contributed by atoms with E-state index in [1.807, 2.05) is 11.0 Å². The number of hydrogen-bond donors (Lipinski definition) is 1. The summed E-state index contributed by atoms with van der Waals surface area (Å²) in [5, 5.41) is 8.84. The lowest BCUT2D eigenvalue weighted by Crippen LogP contribution is -2.40. The summed E-state index contributed by atoms with van der Waals surface area (Å²) in [6, 6.07) is 2.40. The van der Waals surface area contributed by atoms with Crippen LogP contribution in [0.3, 0.4) is 0 Å². The predicted molar refractivity (Wildman–Crippen MR) is 75.6 cm³/mol. The van der Waals surface area contributed by atoms with Crippen molar-refractivity contribution in [2.75, 3.05) is 6.54 Å². The number of nitrogens with one attached hydrogen (secondary N) is 1. The van der Waals surface area contributed by atoms with Crippen molar-refractivity contribution in [2.24, 2.45) is 0 Å². The van der Waals surface area contributed by atoms with Crippen LogP contribution in [0.4, 0.5) is 0 Å². The molecule has 2 aliphatic heterocycles. The molecule has 0 aromatic carbocycles. The summed E-state index contributed by atoms with van der Waals surface area (Å²) in [7, 11) is 0. The third-order valence-corrected chi connectivity index (χ3v) is 4.86. The Kier molecular flexibility index (Phi) is 2.70. The summed E-state index contributed by atoms with van der Waals surface area (Å²) in [5.41, 5.74) is 1.81. The number of aromatic nitrogens is 3. The van der Waals surface area contributed by atoms with Crippen LogP contribution in [0, 0.1) is 0 Å². The molecule has 1 amide bonds. The van der Waals surface area contributed by atoms with Crippen molar-refractivity contribution < 1.29 is 4.79 Å². The number of hydrogen-bond acceptors (Lipinski definition) is 3. The number of rotatable bonds is 1. The van der Waals surface area contributed by atoms with E-state index in [1.165, 1.54) is 0 Å². The fourth-order valence-electron chi connectivity index (χ4n) is 3.54. The van der Waals surface area contributed by atoms with Crippen molar-refractivity contribution in [3.63, 3.8) is 0 Å². The van der Waals surface area contributed by atoms with E-state index in [1.54, 1.807) is 6.20 Å². The fraction of sp³-hybridized carbons (Fsp3) is 0.500. The maximum atomic E-state index is 11.9. The highest BCUT2D eigenvalue weighted by atomic mass is 35.5. The van der Waals surface area contributed by atoms with E-state index < -0.39 is 0 Å². The second-order valence-corrected chi connectivity index (χ2v) is 6.01. The standard InChI is InChI=1S/C14H15ClN4O/c15-14-13-10(5-6-16-14)12(17-18-13)8-1-2-9-3-4-11(20)19(9)7-8/h5-6,8-9H,1-4,7H2,(H,17,18)/t8-,9+/m1/s1. The maximum absolute atomic E-state index is 11.9. The first kappa shape index (κ1) is 12.1. The average molecular weight is 291 g/mol. The lowest BCUT2D eigenvalue weighted by Gasteiger charge is -2.34. The molecular weight excluding hydrogens is 276 g/mol. The summed E-state index contributed by atoms with van der Waals surface area (Å²) in [6.07, 6.45) is 5.60. The number of nitrogens with zero attached hydrogens (tertiary/aromatic N) is 3. The van der Waals surface area contributed by atoms with Crippen molar-refractivity contribution in [1.29, 1.82) is 0 Å². The molecule has 5 nitrogen and oxygen atoms in total. The maximum Gasteiger partial charge on any atom is 0.222 e. The number of fused-ring (bicyclic) bond motifs is 2. The van der Waals surface area contributed by atoms with Crippen LogP contribution in [0.2, 0.25) is 5.15 Å². The Morgan fingerprint density at radius 3 is 3.15 bits per heavy atom. The highest BCUT2D eigenvalue weighted by Crippen LogP contribution is 2.37. The number of piperidine rings is 1. The van der Waals surface area contributed by atoms with Gasteiger partial charge in [0, 0.05) is 42.2 Å². The minimum atomic E-state index is 0.295. The van der Waals surface area contributed by atoms with Gasteiger partial charge in [0.15, 0.2) is 5.15 Å². The summed E-state index contributed by atoms with van der Waals surface area (Å²) < 4.78 is 0. The molecule has 0 saturated carbocycles. The van der Waals surface area contributed by atoms with Gasteiger partial charge >= 0.3 is 0 Å². The second-order valence-electron chi connectivity index (χ2n) is 5.65. The molecule has 2 saturated heterocycles. The van der Waals surface area contributed by atoms with E-state index in [-0.39, 0.29) is 0 Å². The van der Waals surface area contributed by atoms with Crippen molar-refractivity contribution in [3.05, 3.63) is 23.1 Å². The summed E-state index contributed by atoms with van der Waals surface area (Å²) in [6.45, 7) is 0.792. The number of halogens is 1. The van der Waals surface area contributed by atoms with Crippen molar-refractivity contribution in [1.82, 2.24) is 20.1 Å². The third-order valence-electron chi connectivity index (χ3n) is 4.58. The van der Waals surface area contributed by atoms with Crippen LogP contribution in [0.5, 0.6) is 0 Å². The number of carbonyl (C=O) groups is 1. The first-order chi connectivity index (χ1) is 9.74. The second kappa shape index (κ2) is 4.45. The molecule has 2 aromatic heterocycles. The predicted octanol–water partition coefficient (Wildman–Crippen LogP) is 2.48. The van der Waals surface area contributed by atoms with Crippen LogP contribution >= 0.6 is 11.6 Å². The summed E-state index contributed by atoms with van der Waals surface area (Å²) in [4.78, 5) is 18.0. The van der Waals surface area contributed by atoms with Gasteiger partial charge in [-0.25, -0.2) is 4.98 Å². The molecule has 2 atom stereocenters. The normalized spacial score (nSPS) is 26.2. The van der Waals surface area contributed by atoms with Gasteiger partial charge in [-0.15, -0.1) is 0 Å². The van der Waals surface area contributed by atoms with Crippen molar-refractivity contribution in [3.8, 4) is 0 Å². The fourth-order valence-corrected chi connectivity index (χ4v) is 3.74. The van der Waals surface area contributed by atoms with Crippen LogP contribution in [0.25, 0.3) is 10.9 Å². The molecule has 20 heavy (non-hydrogen) atoms. The van der Waals surface area contributed by atoms with Gasteiger partial charge in [-0.3, -0.25) is 9.89 Å².